The van der Waals surface area contributed by atoms with Crippen molar-refractivity contribution in [2.45, 2.75) is 26.7 Å². The highest BCUT2D eigenvalue weighted by molar-refractivity contribution is 6.31. The molecular formula is C17H17ClO. The van der Waals surface area contributed by atoms with E-state index in [9.17, 15) is 4.79 Å². The molecule has 0 N–H and O–H groups in total. The Morgan fingerprint density at radius 1 is 0.947 bits per heavy atom. The molecule has 2 heteroatoms. The van der Waals surface area contributed by atoms with E-state index in [0.29, 0.717) is 10.6 Å². The SMILES string of the molecule is CCc1ccc(C(=O)c2cccc(Cl)c2)cc1CC. The highest BCUT2D eigenvalue weighted by atomic mass is 35.5. The highest BCUT2D eigenvalue weighted by Crippen LogP contribution is 2.18. The van der Waals surface area contributed by atoms with E-state index >= 15 is 0 Å². The summed E-state index contributed by atoms with van der Waals surface area (Å²) in [7, 11) is 0. The van der Waals surface area contributed by atoms with Gasteiger partial charge in [-0.3, -0.25) is 4.79 Å². The third kappa shape index (κ3) is 3.05. The minimum atomic E-state index is 0.0276. The number of aryl methyl sites for hydroxylation is 2. The maximum atomic E-state index is 12.4. The van der Waals surface area contributed by atoms with Gasteiger partial charge in [0.1, 0.15) is 0 Å². The smallest absolute Gasteiger partial charge is 0.193 e. The van der Waals surface area contributed by atoms with Gasteiger partial charge in [-0.25, -0.2) is 0 Å². The number of carbonyl (C=O) groups is 1. The Kier molecular flexibility index (Phi) is 4.39. The second-order valence-corrected chi connectivity index (χ2v) is 4.97. The molecule has 0 saturated heterocycles. The molecule has 0 atom stereocenters. The van der Waals surface area contributed by atoms with E-state index in [2.05, 4.69) is 19.9 Å². The summed E-state index contributed by atoms with van der Waals surface area (Å²) in [5.41, 5.74) is 3.93. The molecule has 0 heterocycles. The zero-order chi connectivity index (χ0) is 13.8. The number of ketones is 1. The van der Waals surface area contributed by atoms with Crippen LogP contribution in [0, 0.1) is 0 Å². The molecule has 0 fully saturated rings. The van der Waals surface area contributed by atoms with Crippen LogP contribution >= 0.6 is 11.6 Å². The summed E-state index contributed by atoms with van der Waals surface area (Å²) in [4.78, 5) is 12.4. The number of halogens is 1. The minimum Gasteiger partial charge on any atom is -0.289 e. The van der Waals surface area contributed by atoms with Crippen molar-refractivity contribution in [3.05, 3.63) is 69.7 Å². The van der Waals surface area contributed by atoms with Crippen molar-refractivity contribution in [1.29, 1.82) is 0 Å². The molecule has 0 aliphatic heterocycles. The van der Waals surface area contributed by atoms with Crippen molar-refractivity contribution < 1.29 is 4.79 Å². The predicted octanol–water partition coefficient (Wildman–Crippen LogP) is 4.70. The highest BCUT2D eigenvalue weighted by Gasteiger charge is 2.11. The zero-order valence-corrected chi connectivity index (χ0v) is 12.0. The first-order valence-electron chi connectivity index (χ1n) is 6.57. The van der Waals surface area contributed by atoms with Crippen molar-refractivity contribution in [1.82, 2.24) is 0 Å². The Morgan fingerprint density at radius 3 is 2.26 bits per heavy atom. The molecule has 0 spiro atoms. The topological polar surface area (TPSA) is 17.1 Å². The van der Waals surface area contributed by atoms with Crippen molar-refractivity contribution in [3.63, 3.8) is 0 Å². The van der Waals surface area contributed by atoms with Gasteiger partial charge in [0.05, 0.1) is 0 Å². The number of carbonyl (C=O) groups excluding carboxylic acids is 1. The van der Waals surface area contributed by atoms with Gasteiger partial charge in [-0.1, -0.05) is 49.7 Å². The zero-order valence-electron chi connectivity index (χ0n) is 11.2. The van der Waals surface area contributed by atoms with E-state index in [0.717, 1.165) is 18.4 Å². The summed E-state index contributed by atoms with van der Waals surface area (Å²) in [6.45, 7) is 4.25. The van der Waals surface area contributed by atoms with Crippen LogP contribution in [0.4, 0.5) is 0 Å². The molecular weight excluding hydrogens is 256 g/mol. The van der Waals surface area contributed by atoms with Crippen LogP contribution in [0.5, 0.6) is 0 Å². The summed E-state index contributed by atoms with van der Waals surface area (Å²) >= 11 is 5.93. The molecule has 98 valence electrons. The van der Waals surface area contributed by atoms with E-state index in [4.69, 9.17) is 11.6 Å². The Labute approximate surface area is 119 Å². The van der Waals surface area contributed by atoms with E-state index in [-0.39, 0.29) is 5.78 Å². The van der Waals surface area contributed by atoms with Gasteiger partial charge in [0.15, 0.2) is 5.78 Å². The summed E-state index contributed by atoms with van der Waals surface area (Å²) < 4.78 is 0. The maximum absolute atomic E-state index is 12.4. The quantitative estimate of drug-likeness (QED) is 0.738. The molecule has 1 nitrogen and oxygen atoms in total. The predicted molar refractivity (Wildman–Crippen MR) is 80.1 cm³/mol. The molecule has 0 amide bonds. The summed E-state index contributed by atoms with van der Waals surface area (Å²) in [6.07, 6.45) is 1.94. The second kappa shape index (κ2) is 6.03. The van der Waals surface area contributed by atoms with E-state index in [1.54, 1.807) is 24.3 Å². The lowest BCUT2D eigenvalue weighted by Crippen LogP contribution is -2.03. The first-order valence-corrected chi connectivity index (χ1v) is 6.95. The lowest BCUT2D eigenvalue weighted by Gasteiger charge is -2.08. The Morgan fingerprint density at radius 2 is 1.63 bits per heavy atom. The van der Waals surface area contributed by atoms with Gasteiger partial charge in [0.25, 0.3) is 0 Å². The van der Waals surface area contributed by atoms with Crippen LogP contribution in [0.15, 0.2) is 42.5 Å². The van der Waals surface area contributed by atoms with E-state index in [1.165, 1.54) is 11.1 Å². The summed E-state index contributed by atoms with van der Waals surface area (Å²) in [5.74, 6) is 0.0276. The standard InChI is InChI=1S/C17H17ClO/c1-3-12-8-9-15(10-13(12)4-2)17(19)14-6-5-7-16(18)11-14/h5-11H,3-4H2,1-2H3. The monoisotopic (exact) mass is 272 g/mol. The van der Waals surface area contributed by atoms with Crippen LogP contribution in [0.2, 0.25) is 5.02 Å². The fraction of sp³-hybridized carbons (Fsp3) is 0.235. The van der Waals surface area contributed by atoms with Gasteiger partial charge < -0.3 is 0 Å². The fourth-order valence-electron chi connectivity index (χ4n) is 2.24. The number of hydrogen-bond acceptors (Lipinski definition) is 1. The lowest BCUT2D eigenvalue weighted by atomic mass is 9.96. The molecule has 2 aromatic carbocycles. The molecule has 0 bridgehead atoms. The van der Waals surface area contributed by atoms with Gasteiger partial charge in [0.2, 0.25) is 0 Å². The largest absolute Gasteiger partial charge is 0.289 e. The van der Waals surface area contributed by atoms with Gasteiger partial charge in [0, 0.05) is 16.1 Å². The fourth-order valence-corrected chi connectivity index (χ4v) is 2.43. The second-order valence-electron chi connectivity index (χ2n) is 4.53. The minimum absolute atomic E-state index is 0.0276. The van der Waals surface area contributed by atoms with Crippen molar-refractivity contribution in [2.24, 2.45) is 0 Å². The van der Waals surface area contributed by atoms with Crippen LogP contribution < -0.4 is 0 Å². The molecule has 2 aromatic rings. The van der Waals surface area contributed by atoms with E-state index in [1.807, 2.05) is 12.1 Å². The molecule has 19 heavy (non-hydrogen) atoms. The van der Waals surface area contributed by atoms with Crippen molar-refractivity contribution >= 4 is 17.4 Å². The third-order valence-corrected chi connectivity index (χ3v) is 3.55. The van der Waals surface area contributed by atoms with Crippen LogP contribution in [0.1, 0.15) is 40.9 Å². The van der Waals surface area contributed by atoms with Crippen LogP contribution in [-0.2, 0) is 12.8 Å². The molecule has 0 radical (unpaired) electrons. The Bertz CT molecular complexity index is 602. The number of benzene rings is 2. The van der Waals surface area contributed by atoms with Gasteiger partial charge in [-0.05, 0) is 42.2 Å². The van der Waals surface area contributed by atoms with Crippen LogP contribution in [0.3, 0.4) is 0 Å². The van der Waals surface area contributed by atoms with Gasteiger partial charge in [-0.2, -0.15) is 0 Å². The molecule has 0 aliphatic carbocycles. The normalized spacial score (nSPS) is 10.5. The summed E-state index contributed by atoms with van der Waals surface area (Å²) in [6, 6.07) is 13.0. The number of hydrogen-bond donors (Lipinski definition) is 0. The van der Waals surface area contributed by atoms with Gasteiger partial charge >= 0.3 is 0 Å². The summed E-state index contributed by atoms with van der Waals surface area (Å²) in [5, 5.41) is 0.590. The molecule has 0 aliphatic rings. The van der Waals surface area contributed by atoms with Crippen LogP contribution in [0.25, 0.3) is 0 Å². The molecule has 0 aromatic heterocycles. The Balaban J connectivity index is 2.39. The van der Waals surface area contributed by atoms with Crippen molar-refractivity contribution in [3.8, 4) is 0 Å². The molecule has 0 saturated carbocycles. The molecule has 2 rings (SSSR count). The average molecular weight is 273 g/mol. The van der Waals surface area contributed by atoms with Crippen LogP contribution in [-0.4, -0.2) is 5.78 Å². The lowest BCUT2D eigenvalue weighted by molar-refractivity contribution is 0.103. The first-order chi connectivity index (χ1) is 9.15. The van der Waals surface area contributed by atoms with Crippen molar-refractivity contribution in [2.75, 3.05) is 0 Å². The Hall–Kier alpha value is -1.60. The molecule has 0 unspecified atom stereocenters. The first kappa shape index (κ1) is 13.8. The van der Waals surface area contributed by atoms with Gasteiger partial charge in [-0.15, -0.1) is 0 Å². The average Bonchev–Trinajstić information content (AvgIpc) is 2.45. The number of rotatable bonds is 4. The van der Waals surface area contributed by atoms with E-state index < -0.39 is 0 Å². The maximum Gasteiger partial charge on any atom is 0.193 e. The third-order valence-electron chi connectivity index (χ3n) is 3.32.